The highest BCUT2D eigenvalue weighted by Crippen LogP contribution is 2.35. The molecule has 0 radical (unpaired) electrons. The second kappa shape index (κ2) is 12.1. The number of carbonyl (C=O) groups is 3. The quantitative estimate of drug-likeness (QED) is 0.361. The lowest BCUT2D eigenvalue weighted by Crippen LogP contribution is -2.55. The molecule has 41 heavy (non-hydrogen) atoms. The number of aryl methyl sites for hydroxylation is 2. The Morgan fingerprint density at radius 2 is 1.76 bits per heavy atom. The van der Waals surface area contributed by atoms with Crippen molar-refractivity contribution < 1.29 is 19.1 Å². The zero-order valence-electron chi connectivity index (χ0n) is 24.0. The molecule has 222 valence electrons. The van der Waals surface area contributed by atoms with Crippen molar-refractivity contribution in [2.75, 3.05) is 45.9 Å². The van der Waals surface area contributed by atoms with Crippen LogP contribution in [0.2, 0.25) is 0 Å². The monoisotopic (exact) mass is 566 g/mol. The first kappa shape index (κ1) is 28.1. The summed E-state index contributed by atoms with van der Waals surface area (Å²) in [4.78, 5) is 54.3. The minimum atomic E-state index is -0.667. The molecule has 3 amide bonds. The summed E-state index contributed by atoms with van der Waals surface area (Å²) in [6, 6.07) is 5.83. The highest BCUT2D eigenvalue weighted by molar-refractivity contribution is 6.00. The van der Waals surface area contributed by atoms with Gasteiger partial charge in [-0.3, -0.25) is 28.8 Å². The van der Waals surface area contributed by atoms with E-state index in [4.69, 9.17) is 4.74 Å². The lowest BCUT2D eigenvalue weighted by molar-refractivity contribution is -0.142. The van der Waals surface area contributed by atoms with Crippen LogP contribution in [-0.2, 0) is 32.6 Å². The summed E-state index contributed by atoms with van der Waals surface area (Å²) in [5, 5.41) is 5.67. The van der Waals surface area contributed by atoms with Crippen molar-refractivity contribution in [1.82, 2.24) is 29.6 Å². The van der Waals surface area contributed by atoms with Crippen LogP contribution in [0.4, 0.5) is 0 Å². The normalized spacial score (nSPS) is 26.3. The number of hydrogen-bond acceptors (Lipinski definition) is 7. The summed E-state index contributed by atoms with van der Waals surface area (Å²) >= 11 is 0. The number of piperidine rings is 2. The Labute approximate surface area is 240 Å². The Morgan fingerprint density at radius 1 is 1.00 bits per heavy atom. The lowest BCUT2D eigenvalue weighted by atomic mass is 9.77. The van der Waals surface area contributed by atoms with Gasteiger partial charge in [0.1, 0.15) is 6.04 Å². The Morgan fingerprint density at radius 3 is 2.49 bits per heavy atom. The number of aromatic nitrogens is 2. The van der Waals surface area contributed by atoms with Crippen LogP contribution in [0.15, 0.2) is 23.0 Å². The maximum atomic E-state index is 13.0. The van der Waals surface area contributed by atoms with Gasteiger partial charge in [-0.15, -0.1) is 0 Å². The summed E-state index contributed by atoms with van der Waals surface area (Å²) in [5.41, 5.74) is 2.38. The lowest BCUT2D eigenvalue weighted by Gasteiger charge is -2.46. The van der Waals surface area contributed by atoms with Crippen molar-refractivity contribution in [2.45, 2.75) is 69.6 Å². The van der Waals surface area contributed by atoms with Gasteiger partial charge in [-0.25, -0.2) is 4.79 Å². The summed E-state index contributed by atoms with van der Waals surface area (Å²) in [6.45, 7) is 6.28. The maximum Gasteiger partial charge on any atom is 0.329 e. The van der Waals surface area contributed by atoms with E-state index in [-0.39, 0.29) is 30.0 Å². The van der Waals surface area contributed by atoms with Crippen LogP contribution in [0, 0.1) is 5.92 Å². The van der Waals surface area contributed by atoms with E-state index >= 15 is 0 Å². The molecule has 1 aromatic heterocycles. The maximum absolute atomic E-state index is 13.0. The molecule has 4 heterocycles. The average Bonchev–Trinajstić information content (AvgIpc) is 3.20. The molecule has 0 spiro atoms. The first-order chi connectivity index (χ1) is 19.9. The van der Waals surface area contributed by atoms with E-state index in [9.17, 15) is 19.2 Å². The number of nitrogens with zero attached hydrogens (tertiary/aromatic N) is 4. The van der Waals surface area contributed by atoms with E-state index in [1.54, 1.807) is 11.6 Å². The Kier molecular flexibility index (Phi) is 8.28. The topological polar surface area (TPSA) is 118 Å². The number of nitrogens with one attached hydrogen (secondary N) is 2. The SMILES string of the molecule is Cn1c(=O)n(C2CCC(=O)NC2=O)c2ccc(CCCOC3CCN(C4CC(C(=O)N5CCNCC5)C4)CC3)cc21. The Balaban J connectivity index is 0.936. The molecule has 0 bridgehead atoms. The van der Waals surface area contributed by atoms with Crippen LogP contribution < -0.4 is 16.3 Å². The summed E-state index contributed by atoms with van der Waals surface area (Å²) < 4.78 is 9.33. The first-order valence-electron chi connectivity index (χ1n) is 15.3. The molecule has 1 aliphatic carbocycles. The average molecular weight is 567 g/mol. The standard InChI is InChI=1S/C30H42N6O5/c1-33-26-17-20(4-5-24(26)36(30(33)40)25-6-7-27(37)32-28(25)38)3-2-16-41-23-8-12-34(13-9-23)22-18-21(19-22)29(39)35-14-10-31-11-15-35/h4-5,17,21-23,25,31H,2-3,6-16,18-19H2,1H3,(H,32,37,38). The number of imide groups is 1. The molecule has 1 atom stereocenters. The number of ether oxygens (including phenoxy) is 1. The molecule has 4 aliphatic rings. The molecule has 3 saturated heterocycles. The number of imidazole rings is 1. The van der Waals surface area contributed by atoms with Crippen LogP contribution in [0.25, 0.3) is 11.0 Å². The number of carbonyl (C=O) groups excluding carboxylic acids is 3. The number of fused-ring (bicyclic) bond motifs is 1. The number of amides is 3. The molecule has 6 rings (SSSR count). The predicted octanol–water partition coefficient (Wildman–Crippen LogP) is 0.942. The molecule has 2 aromatic rings. The van der Waals surface area contributed by atoms with E-state index in [0.29, 0.717) is 30.5 Å². The third-order valence-electron chi connectivity index (χ3n) is 9.52. The number of rotatable bonds is 8. The molecule has 11 nitrogen and oxygen atoms in total. The predicted molar refractivity (Wildman–Crippen MR) is 153 cm³/mol. The van der Waals surface area contributed by atoms with Crippen LogP contribution in [0.3, 0.4) is 0 Å². The highest BCUT2D eigenvalue weighted by Gasteiger charge is 2.40. The molecule has 1 aromatic carbocycles. The highest BCUT2D eigenvalue weighted by atomic mass is 16.5. The Bertz CT molecular complexity index is 1350. The third kappa shape index (κ3) is 5.85. The fraction of sp³-hybridized carbons (Fsp3) is 0.667. The fourth-order valence-corrected chi connectivity index (χ4v) is 6.96. The second-order valence-electron chi connectivity index (χ2n) is 12.1. The van der Waals surface area contributed by atoms with Gasteiger partial charge < -0.3 is 19.9 Å². The fourth-order valence-electron chi connectivity index (χ4n) is 6.96. The minimum Gasteiger partial charge on any atom is -0.378 e. The summed E-state index contributed by atoms with van der Waals surface area (Å²) in [5.74, 6) is -0.139. The van der Waals surface area contributed by atoms with E-state index in [1.165, 1.54) is 4.57 Å². The van der Waals surface area contributed by atoms with Crippen LogP contribution in [0.5, 0.6) is 0 Å². The molecular weight excluding hydrogens is 524 g/mol. The molecule has 2 N–H and O–H groups in total. The van der Waals surface area contributed by atoms with Gasteiger partial charge in [0.2, 0.25) is 17.7 Å². The number of piperazine rings is 1. The van der Waals surface area contributed by atoms with Crippen LogP contribution >= 0.6 is 0 Å². The molecule has 11 heteroatoms. The van der Waals surface area contributed by atoms with Crippen LogP contribution in [0.1, 0.15) is 56.6 Å². The van der Waals surface area contributed by atoms with Crippen LogP contribution in [-0.4, -0.2) is 94.7 Å². The molecule has 1 saturated carbocycles. The largest absolute Gasteiger partial charge is 0.378 e. The van der Waals surface area contributed by atoms with Gasteiger partial charge in [0.05, 0.1) is 17.1 Å². The molecule has 3 aliphatic heterocycles. The zero-order chi connectivity index (χ0) is 28.5. The summed E-state index contributed by atoms with van der Waals surface area (Å²) in [6.07, 6.45) is 6.67. The first-order valence-corrected chi connectivity index (χ1v) is 15.3. The van der Waals surface area contributed by atoms with Crippen molar-refractivity contribution >= 4 is 28.8 Å². The van der Waals surface area contributed by atoms with E-state index in [1.807, 2.05) is 23.1 Å². The number of hydrogen-bond donors (Lipinski definition) is 2. The smallest absolute Gasteiger partial charge is 0.329 e. The van der Waals surface area contributed by atoms with Gasteiger partial charge in [0.15, 0.2) is 0 Å². The third-order valence-corrected chi connectivity index (χ3v) is 9.52. The molecule has 1 unspecified atom stereocenters. The number of likely N-dealkylation sites (tertiary alicyclic amines) is 1. The van der Waals surface area contributed by atoms with Gasteiger partial charge in [0, 0.05) is 71.3 Å². The van der Waals surface area contributed by atoms with Gasteiger partial charge >= 0.3 is 5.69 Å². The number of benzene rings is 1. The molecular formula is C30H42N6O5. The summed E-state index contributed by atoms with van der Waals surface area (Å²) in [7, 11) is 1.72. The van der Waals surface area contributed by atoms with Crippen molar-refractivity contribution in [3.05, 3.63) is 34.2 Å². The van der Waals surface area contributed by atoms with E-state index in [0.717, 1.165) is 88.9 Å². The van der Waals surface area contributed by atoms with Gasteiger partial charge in [-0.2, -0.15) is 0 Å². The Hall–Kier alpha value is -3.02. The van der Waals surface area contributed by atoms with E-state index in [2.05, 4.69) is 15.5 Å². The zero-order valence-corrected chi connectivity index (χ0v) is 24.0. The van der Waals surface area contributed by atoms with E-state index < -0.39 is 11.9 Å². The van der Waals surface area contributed by atoms with Crippen molar-refractivity contribution in [1.29, 1.82) is 0 Å². The van der Waals surface area contributed by atoms with Crippen molar-refractivity contribution in [2.24, 2.45) is 13.0 Å². The minimum absolute atomic E-state index is 0.213. The molecule has 4 fully saturated rings. The van der Waals surface area contributed by atoms with Gasteiger partial charge in [-0.1, -0.05) is 6.07 Å². The van der Waals surface area contributed by atoms with Crippen molar-refractivity contribution in [3.8, 4) is 0 Å². The second-order valence-corrected chi connectivity index (χ2v) is 12.1. The van der Waals surface area contributed by atoms with Crippen molar-refractivity contribution in [3.63, 3.8) is 0 Å². The van der Waals surface area contributed by atoms with Gasteiger partial charge in [0.25, 0.3) is 0 Å². The van der Waals surface area contributed by atoms with Gasteiger partial charge in [-0.05, 0) is 62.6 Å².